The zero-order valence-electron chi connectivity index (χ0n) is 18.7. The number of fused-ring (bicyclic) bond motifs is 1. The lowest BCUT2D eigenvalue weighted by atomic mass is 10.1. The van der Waals surface area contributed by atoms with E-state index in [-0.39, 0.29) is 35.1 Å². The van der Waals surface area contributed by atoms with E-state index in [2.05, 4.69) is 4.99 Å². The number of nitrogens with zero attached hydrogens (tertiary/aromatic N) is 2. The fourth-order valence-electron chi connectivity index (χ4n) is 4.05. The van der Waals surface area contributed by atoms with Crippen LogP contribution in [0.15, 0.2) is 47.5 Å². The van der Waals surface area contributed by atoms with Crippen molar-refractivity contribution in [2.75, 3.05) is 37.2 Å². The molecule has 176 valence electrons. The molecule has 1 amide bonds. The molecule has 0 N–H and O–H groups in total. The van der Waals surface area contributed by atoms with Crippen LogP contribution >= 0.6 is 11.8 Å². The second-order valence-electron chi connectivity index (χ2n) is 7.75. The minimum atomic E-state index is -3.13. The third-order valence-corrected chi connectivity index (χ3v) is 8.73. The number of sulfone groups is 1. The van der Waals surface area contributed by atoms with Crippen LogP contribution in [0.1, 0.15) is 12.5 Å². The van der Waals surface area contributed by atoms with E-state index in [9.17, 15) is 13.2 Å². The summed E-state index contributed by atoms with van der Waals surface area (Å²) in [6.45, 7) is 2.47. The SMILES string of the molecule is CCOc1ccc(N2C(=NC(=O)Cc3ccc(OC)c(OC)c3)SC3CS(=O)(=O)CC32)cc1. The van der Waals surface area contributed by atoms with Gasteiger partial charge in [-0.1, -0.05) is 17.8 Å². The molecule has 10 heteroatoms. The van der Waals surface area contributed by atoms with Gasteiger partial charge < -0.3 is 19.1 Å². The number of ether oxygens (including phenoxy) is 3. The van der Waals surface area contributed by atoms with Crippen LogP contribution < -0.4 is 19.1 Å². The van der Waals surface area contributed by atoms with E-state index in [1.165, 1.54) is 11.8 Å². The Hall–Kier alpha value is -2.72. The molecule has 2 heterocycles. The fraction of sp³-hybridized carbons (Fsp3) is 0.391. The molecule has 0 aromatic heterocycles. The highest BCUT2D eigenvalue weighted by Crippen LogP contribution is 2.41. The van der Waals surface area contributed by atoms with Crippen molar-refractivity contribution < 1.29 is 27.4 Å². The van der Waals surface area contributed by atoms with Crippen molar-refractivity contribution in [2.45, 2.75) is 24.6 Å². The summed E-state index contributed by atoms with van der Waals surface area (Å²) < 4.78 is 40.6. The predicted octanol–water partition coefficient (Wildman–Crippen LogP) is 2.95. The van der Waals surface area contributed by atoms with E-state index in [1.54, 1.807) is 32.4 Å². The molecule has 2 atom stereocenters. The number of benzene rings is 2. The topological polar surface area (TPSA) is 94.5 Å². The molecule has 2 unspecified atom stereocenters. The quantitative estimate of drug-likeness (QED) is 0.585. The Labute approximate surface area is 197 Å². The van der Waals surface area contributed by atoms with Gasteiger partial charge in [0.1, 0.15) is 5.75 Å². The van der Waals surface area contributed by atoms with E-state index in [4.69, 9.17) is 14.2 Å². The summed E-state index contributed by atoms with van der Waals surface area (Å²) in [5, 5.41) is 0.365. The first kappa shape index (κ1) is 23.4. The second-order valence-corrected chi connectivity index (χ2v) is 11.1. The van der Waals surface area contributed by atoms with Crippen molar-refractivity contribution in [3.63, 3.8) is 0 Å². The van der Waals surface area contributed by atoms with Crippen LogP contribution in [0.5, 0.6) is 17.2 Å². The predicted molar refractivity (Wildman–Crippen MR) is 130 cm³/mol. The molecule has 2 aromatic carbocycles. The molecule has 2 aliphatic rings. The lowest BCUT2D eigenvalue weighted by Crippen LogP contribution is -2.37. The molecule has 33 heavy (non-hydrogen) atoms. The summed E-state index contributed by atoms with van der Waals surface area (Å²) in [7, 11) is -0.0347. The molecule has 0 radical (unpaired) electrons. The highest BCUT2D eigenvalue weighted by Gasteiger charge is 2.49. The highest BCUT2D eigenvalue weighted by atomic mass is 32.2. The van der Waals surface area contributed by atoms with Crippen LogP contribution in [0.25, 0.3) is 0 Å². The molecule has 8 nitrogen and oxygen atoms in total. The number of methoxy groups -OCH3 is 2. The van der Waals surface area contributed by atoms with Crippen LogP contribution in [0.4, 0.5) is 5.69 Å². The van der Waals surface area contributed by atoms with Crippen LogP contribution in [0.2, 0.25) is 0 Å². The van der Waals surface area contributed by atoms with Gasteiger partial charge in [-0.15, -0.1) is 0 Å². The Morgan fingerprint density at radius 3 is 2.48 bits per heavy atom. The van der Waals surface area contributed by atoms with Crippen molar-refractivity contribution in [1.29, 1.82) is 0 Å². The van der Waals surface area contributed by atoms with Gasteiger partial charge in [0.2, 0.25) is 0 Å². The summed E-state index contributed by atoms with van der Waals surface area (Å²) >= 11 is 1.35. The third kappa shape index (κ3) is 5.11. The smallest absolute Gasteiger partial charge is 0.252 e. The lowest BCUT2D eigenvalue weighted by molar-refractivity contribution is -0.117. The van der Waals surface area contributed by atoms with Gasteiger partial charge in [0.05, 0.1) is 44.8 Å². The maximum atomic E-state index is 12.8. The van der Waals surface area contributed by atoms with Crippen molar-refractivity contribution in [2.24, 2.45) is 4.99 Å². The van der Waals surface area contributed by atoms with Crippen LogP contribution in [-0.2, 0) is 21.1 Å². The van der Waals surface area contributed by atoms with Gasteiger partial charge >= 0.3 is 0 Å². The molecule has 2 aromatic rings. The summed E-state index contributed by atoms with van der Waals surface area (Å²) in [5.41, 5.74) is 1.54. The summed E-state index contributed by atoms with van der Waals surface area (Å²) in [6, 6.07) is 12.5. The number of hydrogen-bond donors (Lipinski definition) is 0. The third-order valence-electron chi connectivity index (χ3n) is 5.52. The Balaban J connectivity index is 1.60. The van der Waals surface area contributed by atoms with Gasteiger partial charge in [-0.3, -0.25) is 4.79 Å². The van der Waals surface area contributed by atoms with E-state index in [0.717, 1.165) is 17.0 Å². The standard InChI is InChI=1S/C23H26N2O6S2/c1-4-31-17-8-6-16(7-9-17)25-18-13-33(27,28)14-21(18)32-23(25)24-22(26)12-15-5-10-19(29-2)20(11-15)30-3/h5-11,18,21H,4,12-14H2,1-3H3. The largest absolute Gasteiger partial charge is 0.494 e. The maximum Gasteiger partial charge on any atom is 0.252 e. The van der Waals surface area contributed by atoms with E-state index >= 15 is 0 Å². The molecule has 0 spiro atoms. The van der Waals surface area contributed by atoms with E-state index in [0.29, 0.717) is 23.3 Å². The van der Waals surface area contributed by atoms with Crippen LogP contribution in [0.3, 0.4) is 0 Å². The van der Waals surface area contributed by atoms with Crippen LogP contribution in [-0.4, -0.2) is 63.1 Å². The molecular weight excluding hydrogens is 464 g/mol. The molecule has 0 bridgehead atoms. The number of hydrogen-bond acceptors (Lipinski definition) is 7. The Morgan fingerprint density at radius 2 is 1.82 bits per heavy atom. The number of amides is 1. The average molecular weight is 491 g/mol. The van der Waals surface area contributed by atoms with Crippen molar-refractivity contribution in [1.82, 2.24) is 0 Å². The van der Waals surface area contributed by atoms with Gasteiger partial charge in [0.25, 0.3) is 5.91 Å². The number of anilines is 1. The molecule has 4 rings (SSSR count). The van der Waals surface area contributed by atoms with Crippen molar-refractivity contribution in [3.05, 3.63) is 48.0 Å². The van der Waals surface area contributed by atoms with Crippen molar-refractivity contribution >= 4 is 38.4 Å². The van der Waals surface area contributed by atoms with E-state index < -0.39 is 9.84 Å². The van der Waals surface area contributed by atoms with Gasteiger partial charge in [0, 0.05) is 10.9 Å². The van der Waals surface area contributed by atoms with Gasteiger partial charge in [-0.05, 0) is 48.9 Å². The first-order valence-corrected chi connectivity index (χ1v) is 13.2. The monoisotopic (exact) mass is 490 g/mol. The van der Waals surface area contributed by atoms with Gasteiger partial charge in [-0.2, -0.15) is 4.99 Å². The van der Waals surface area contributed by atoms with Crippen LogP contribution in [0, 0.1) is 0 Å². The number of carbonyl (C=O) groups excluding carboxylic acids is 1. The number of aliphatic imine (C=N–C) groups is 1. The maximum absolute atomic E-state index is 12.8. The van der Waals surface area contributed by atoms with Gasteiger partial charge in [0.15, 0.2) is 26.5 Å². The molecule has 2 fully saturated rings. The molecule has 0 saturated carbocycles. The van der Waals surface area contributed by atoms with E-state index in [1.807, 2.05) is 36.1 Å². The number of carbonyl (C=O) groups is 1. The zero-order valence-corrected chi connectivity index (χ0v) is 20.3. The van der Waals surface area contributed by atoms with Crippen molar-refractivity contribution in [3.8, 4) is 17.2 Å². The zero-order chi connectivity index (χ0) is 23.6. The number of rotatable bonds is 7. The molecule has 2 aliphatic heterocycles. The van der Waals surface area contributed by atoms with Gasteiger partial charge in [-0.25, -0.2) is 8.42 Å². The minimum absolute atomic E-state index is 0.0424. The first-order chi connectivity index (χ1) is 15.8. The number of thioether (sulfide) groups is 1. The number of amidine groups is 1. The summed E-state index contributed by atoms with van der Waals surface area (Å²) in [4.78, 5) is 19.1. The normalized spacial score (nSPS) is 22.3. The summed E-state index contributed by atoms with van der Waals surface area (Å²) in [5.74, 6) is 1.67. The second kappa shape index (κ2) is 9.64. The highest BCUT2D eigenvalue weighted by molar-refractivity contribution is 8.16. The average Bonchev–Trinajstić information content (AvgIpc) is 3.25. The lowest BCUT2D eigenvalue weighted by Gasteiger charge is -2.24. The molecule has 2 saturated heterocycles. The Morgan fingerprint density at radius 1 is 1.09 bits per heavy atom. The fourth-order valence-corrected chi connectivity index (χ4v) is 7.98. The molecule has 0 aliphatic carbocycles. The Kier molecular flexibility index (Phi) is 6.85. The first-order valence-electron chi connectivity index (χ1n) is 10.5. The Bertz CT molecular complexity index is 1160. The minimum Gasteiger partial charge on any atom is -0.494 e. The molecular formula is C23H26N2O6S2. The summed E-state index contributed by atoms with van der Waals surface area (Å²) in [6.07, 6.45) is 0.0924.